The number of nitrogens with zero attached hydrogens (tertiary/aromatic N) is 7. The standard InChI is InChI=1S/C17H29N8O7PS.C16H27N6O7PS.CH4.2Na/c18-16(19)20-5-3-1-2-4-6-21-17-23-13-10(14(34)24-17)22-8-25(13)15-12(27)11(26)9(32-15)7-31-33(28,29)30;17-5-3-1-2-4-6-18-16-20-13-10(14(31)21-16)19-8-22(13)15-12(24)11(23)9(29-15)7-28-30(25,26)27;;;/h8-9,11-12,15,26-27H,1-7H2,(H4,18,19,20)(H2,28,29,30)(H2,21,23,24,34);8-9,11-12,15,23-24H,1-7,17H2,(H2,25,26,27)(H2,18,20,21,31);1H4;;/q;;;2*+1/p-2/t2*9-,11+,12?,15-;;;/m11.../s1. The van der Waals surface area contributed by atoms with E-state index in [1.54, 1.807) is 0 Å². The molecule has 4 unspecified atom stereocenters. The first-order valence-electron chi connectivity index (χ1n) is 20.3. The maximum Gasteiger partial charge on any atom is 1.00 e. The summed E-state index contributed by atoms with van der Waals surface area (Å²) in [5.41, 5.74) is 17.6. The Kier molecular flexibility index (Phi) is 26.8. The Labute approximate surface area is 444 Å². The van der Waals surface area contributed by atoms with Gasteiger partial charge in [0, 0.05) is 19.6 Å². The van der Waals surface area contributed by atoms with Crippen LogP contribution in [-0.4, -0.2) is 151 Å². The van der Waals surface area contributed by atoms with Gasteiger partial charge in [0.1, 0.15) is 59.0 Å². The third-order valence-corrected chi connectivity index (χ3v) is 11.5. The Bertz CT molecular complexity index is 2420. The largest absolute Gasteiger partial charge is 1.00 e. The molecule has 4 aromatic heterocycles. The summed E-state index contributed by atoms with van der Waals surface area (Å²) in [5.74, 6) is 0.892. The minimum absolute atomic E-state index is 0. The fourth-order valence-corrected chi connectivity index (χ4v) is 7.94. The van der Waals surface area contributed by atoms with Crippen LogP contribution in [0, 0.1) is 9.28 Å². The van der Waals surface area contributed by atoms with Gasteiger partial charge in [-0.1, -0.05) is 57.5 Å². The van der Waals surface area contributed by atoms with Crippen molar-refractivity contribution in [1.82, 2.24) is 39.0 Å². The van der Waals surface area contributed by atoms with Crippen LogP contribution >= 0.6 is 40.1 Å². The number of nitrogens with two attached hydrogens (primary N) is 3. The van der Waals surface area contributed by atoms with Crippen LogP contribution in [0.4, 0.5) is 11.9 Å². The predicted molar refractivity (Wildman–Crippen MR) is 239 cm³/mol. The first kappa shape index (κ1) is 62.5. The van der Waals surface area contributed by atoms with Gasteiger partial charge in [0.25, 0.3) is 15.6 Å². The molecule has 0 amide bonds. The molecule has 0 radical (unpaired) electrons. The zero-order chi connectivity index (χ0) is 47.5. The molecule has 4 aromatic rings. The molecule has 10 atom stereocenters. The summed E-state index contributed by atoms with van der Waals surface area (Å²) in [7, 11) is -10.0. The molecule has 0 saturated carbocycles. The number of imidazole rings is 2. The van der Waals surface area contributed by atoms with Crippen molar-refractivity contribution in [3.63, 3.8) is 0 Å². The molecule has 2 fully saturated rings. The Morgan fingerprint density at radius 3 is 1.51 bits per heavy atom. The average molecular weight is 1060 g/mol. The zero-order valence-corrected chi connectivity index (χ0v) is 44.1. The zero-order valence-electron chi connectivity index (χ0n) is 36.7. The maximum atomic E-state index is 10.8. The number of aromatic amines is 2. The summed E-state index contributed by atoms with van der Waals surface area (Å²) < 4.78 is 44.7. The fraction of sp³-hybridized carbons (Fsp3) is 0.676. The van der Waals surface area contributed by atoms with Crippen LogP contribution in [-0.2, 0) is 27.7 Å². The summed E-state index contributed by atoms with van der Waals surface area (Å²) >= 11 is 10.6. The van der Waals surface area contributed by atoms with Crippen molar-refractivity contribution in [1.29, 1.82) is 0 Å². The van der Waals surface area contributed by atoms with E-state index in [9.17, 15) is 39.3 Å². The summed E-state index contributed by atoms with van der Waals surface area (Å²) in [5, 5.41) is 47.5. The Morgan fingerprint density at radius 1 is 0.735 bits per heavy atom. The third kappa shape index (κ3) is 18.1. The molecule has 6 heterocycles. The molecule has 28 nitrogen and oxygen atoms in total. The normalized spacial score (nSPS) is 23.8. The van der Waals surface area contributed by atoms with Gasteiger partial charge in [0.2, 0.25) is 11.9 Å². The molecule has 16 N–H and O–H groups in total. The van der Waals surface area contributed by atoms with Crippen LogP contribution in [0.1, 0.15) is 71.2 Å². The van der Waals surface area contributed by atoms with E-state index < -0.39 is 77.9 Å². The monoisotopic (exact) mass is 1060 g/mol. The van der Waals surface area contributed by atoms with Crippen molar-refractivity contribution in [3.8, 4) is 0 Å². The molecular formula is C34H58N14Na2O14P2S2. The number of anilines is 2. The molecule has 0 aliphatic carbocycles. The number of aliphatic hydroxyl groups excluding tert-OH is 4. The predicted octanol–water partition coefficient (Wildman–Crippen LogP) is -7.01. The smallest absolute Gasteiger partial charge is 0.756 e. The molecule has 372 valence electrons. The number of fused-ring (bicyclic) bond motifs is 2. The minimum atomic E-state index is -5.02. The number of aromatic nitrogens is 8. The number of unbranched alkanes of at least 4 members (excludes halogenated alkanes) is 6. The van der Waals surface area contributed by atoms with Crippen LogP contribution in [0.5, 0.6) is 0 Å². The maximum absolute atomic E-state index is 10.8. The van der Waals surface area contributed by atoms with Crippen molar-refractivity contribution in [2.24, 2.45) is 22.2 Å². The summed E-state index contributed by atoms with van der Waals surface area (Å²) in [6.45, 7) is 1.23. The van der Waals surface area contributed by atoms with Crippen LogP contribution in [0.2, 0.25) is 0 Å². The SMILES string of the molecule is C.NC(N)=NCCCCCCNc1nc(=S)c2ncn([C@@H]3O[C@H](COP(=O)([O-])O)[C@H](O)C3O)c2[nH]1.NCCCCCCNc1nc(=S)c2ncn([C@@H]3O[C@H](COP(=O)([O-])O)[C@H](O)C3O)c2[nH]1.[Na+].[Na+]. The van der Waals surface area contributed by atoms with E-state index in [0.717, 1.165) is 51.4 Å². The molecule has 2 aliphatic heterocycles. The topological polar surface area (TPSA) is 446 Å². The summed E-state index contributed by atoms with van der Waals surface area (Å²) in [4.78, 5) is 66.1. The minimum Gasteiger partial charge on any atom is -0.756 e. The van der Waals surface area contributed by atoms with Gasteiger partial charge in [-0.05, 0) is 32.2 Å². The van der Waals surface area contributed by atoms with Crippen LogP contribution < -0.4 is 96.7 Å². The summed E-state index contributed by atoms with van der Waals surface area (Å²) in [6, 6.07) is 0. The Morgan fingerprint density at radius 2 is 1.13 bits per heavy atom. The first-order chi connectivity index (χ1) is 30.8. The van der Waals surface area contributed by atoms with E-state index in [-0.39, 0.29) is 81.8 Å². The average Bonchev–Trinajstić information content (AvgIpc) is 3.99. The second-order valence-corrected chi connectivity index (χ2v) is 18.0. The molecule has 2 aliphatic rings. The van der Waals surface area contributed by atoms with Crippen molar-refractivity contribution < 1.29 is 127 Å². The van der Waals surface area contributed by atoms with Crippen molar-refractivity contribution in [2.45, 2.75) is 108 Å². The second kappa shape index (κ2) is 29.2. The molecule has 2 saturated heterocycles. The number of aliphatic imine (C=N–C) groups is 1. The quantitative estimate of drug-likeness (QED) is 0.00820. The van der Waals surface area contributed by atoms with Gasteiger partial charge in [0.05, 0.1) is 25.9 Å². The van der Waals surface area contributed by atoms with Crippen molar-refractivity contribution >= 4 is 80.3 Å². The van der Waals surface area contributed by atoms with Gasteiger partial charge in [-0.15, -0.1) is 0 Å². The molecule has 0 spiro atoms. The molecule has 68 heavy (non-hydrogen) atoms. The number of phosphoric ester groups is 2. The van der Waals surface area contributed by atoms with E-state index in [1.807, 2.05) is 0 Å². The number of guanidine groups is 1. The third-order valence-electron chi connectivity index (χ3n) is 10.0. The number of hydrogen-bond donors (Lipinski definition) is 13. The van der Waals surface area contributed by atoms with Gasteiger partial charge in [0.15, 0.2) is 27.7 Å². The van der Waals surface area contributed by atoms with Gasteiger partial charge in [-0.2, -0.15) is 0 Å². The van der Waals surface area contributed by atoms with Gasteiger partial charge in [-0.3, -0.25) is 23.3 Å². The Balaban J connectivity index is 0.000000449. The molecule has 34 heteroatoms. The first-order valence-corrected chi connectivity index (χ1v) is 24.2. The van der Waals surface area contributed by atoms with Crippen LogP contribution in [0.15, 0.2) is 17.6 Å². The number of ether oxygens (including phenoxy) is 2. The van der Waals surface area contributed by atoms with Crippen molar-refractivity contribution in [2.75, 3.05) is 50.0 Å². The molecule has 0 aromatic carbocycles. The number of H-pyrrole nitrogens is 2. The van der Waals surface area contributed by atoms with Crippen LogP contribution in [0.3, 0.4) is 0 Å². The number of hydrogen-bond acceptors (Lipinski definition) is 22. The second-order valence-electron chi connectivity index (χ2n) is 14.9. The van der Waals surface area contributed by atoms with E-state index in [1.165, 1.54) is 21.8 Å². The number of nitrogens with one attached hydrogen (secondary N) is 4. The summed E-state index contributed by atoms with van der Waals surface area (Å²) in [6.07, 6.45) is 0.000421. The van der Waals surface area contributed by atoms with Gasteiger partial charge >= 0.3 is 59.1 Å². The number of rotatable bonds is 23. The van der Waals surface area contributed by atoms with E-state index >= 15 is 0 Å². The molecular weight excluding hydrogens is 1000 g/mol. The van der Waals surface area contributed by atoms with Crippen LogP contribution in [0.25, 0.3) is 22.3 Å². The van der Waals surface area contributed by atoms with E-state index in [0.29, 0.717) is 60.4 Å². The Hall–Kier alpha value is -1.65. The van der Waals surface area contributed by atoms with E-state index in [2.05, 4.69) is 54.6 Å². The molecule has 6 rings (SSSR count). The van der Waals surface area contributed by atoms with E-state index in [4.69, 9.17) is 60.9 Å². The number of aliphatic hydroxyl groups is 4. The number of phosphoric acid groups is 2. The van der Waals surface area contributed by atoms with Gasteiger partial charge < -0.3 is 96.3 Å². The van der Waals surface area contributed by atoms with Crippen molar-refractivity contribution in [3.05, 3.63) is 21.9 Å². The fourth-order valence-electron chi connectivity index (χ4n) is 6.79. The van der Waals surface area contributed by atoms with Gasteiger partial charge in [-0.25, -0.2) is 19.9 Å². The molecule has 0 bridgehead atoms.